The third kappa shape index (κ3) is 2.10. The molecule has 4 heteroatoms. The predicted molar refractivity (Wildman–Crippen MR) is 79.0 cm³/mol. The molecule has 0 amide bonds. The summed E-state index contributed by atoms with van der Waals surface area (Å²) < 4.78 is 2.19. The van der Waals surface area contributed by atoms with Crippen LogP contribution in [0.5, 0.6) is 0 Å². The van der Waals surface area contributed by atoms with E-state index < -0.39 is 0 Å². The largest absolute Gasteiger partial charge is 0.361 e. The second-order valence-electron chi connectivity index (χ2n) is 5.99. The van der Waals surface area contributed by atoms with E-state index in [0.29, 0.717) is 0 Å². The van der Waals surface area contributed by atoms with Crippen LogP contribution in [0.1, 0.15) is 25.5 Å². The first-order valence-corrected chi connectivity index (χ1v) is 6.96. The van der Waals surface area contributed by atoms with Gasteiger partial charge in [-0.1, -0.05) is 6.92 Å². The molecule has 0 aromatic carbocycles. The number of nitrogens with zero attached hydrogens (tertiary/aromatic N) is 3. The van der Waals surface area contributed by atoms with Crippen molar-refractivity contribution in [3.8, 4) is 0 Å². The van der Waals surface area contributed by atoms with Gasteiger partial charge in [0.25, 0.3) is 0 Å². The Morgan fingerprint density at radius 2 is 2.26 bits per heavy atom. The van der Waals surface area contributed by atoms with Gasteiger partial charge in [-0.25, -0.2) is 4.98 Å². The summed E-state index contributed by atoms with van der Waals surface area (Å²) in [6.07, 6.45) is 6.72. The second-order valence-corrected chi connectivity index (χ2v) is 5.99. The minimum atomic E-state index is 0.140. The zero-order valence-corrected chi connectivity index (χ0v) is 12.0. The molecular formula is C15H22N4. The average Bonchev–Trinajstić information content (AvgIpc) is 2.86. The summed E-state index contributed by atoms with van der Waals surface area (Å²) in [5.74, 6) is 1.05. The molecule has 0 spiro atoms. The lowest BCUT2D eigenvalue weighted by Crippen LogP contribution is -2.42. The molecule has 1 saturated heterocycles. The number of fused-ring (bicyclic) bond motifs is 1. The van der Waals surface area contributed by atoms with E-state index >= 15 is 0 Å². The highest BCUT2D eigenvalue weighted by Gasteiger charge is 2.31. The Morgan fingerprint density at radius 1 is 1.42 bits per heavy atom. The Balaban J connectivity index is 2.13. The molecule has 2 aromatic heterocycles. The van der Waals surface area contributed by atoms with Crippen LogP contribution in [0.2, 0.25) is 0 Å². The van der Waals surface area contributed by atoms with Gasteiger partial charge < -0.3 is 14.6 Å². The Bertz CT molecular complexity index is 579. The predicted octanol–water partition coefficient (Wildman–Crippen LogP) is 2.04. The lowest BCUT2D eigenvalue weighted by molar-refractivity contribution is 0.331. The highest BCUT2D eigenvalue weighted by molar-refractivity contribution is 5.69. The fourth-order valence-corrected chi connectivity index (χ4v) is 2.92. The molecule has 0 saturated carbocycles. The number of anilines is 1. The van der Waals surface area contributed by atoms with Gasteiger partial charge in [-0.15, -0.1) is 0 Å². The molecular weight excluding hydrogens is 236 g/mol. The molecule has 102 valence electrons. The summed E-state index contributed by atoms with van der Waals surface area (Å²) in [4.78, 5) is 7.03. The normalized spacial score (nSPS) is 23.7. The van der Waals surface area contributed by atoms with Crippen LogP contribution in [0.4, 0.5) is 5.82 Å². The van der Waals surface area contributed by atoms with Crippen molar-refractivity contribution in [3.05, 3.63) is 30.2 Å². The number of rotatable bonds is 2. The highest BCUT2D eigenvalue weighted by atomic mass is 15.2. The lowest BCUT2D eigenvalue weighted by atomic mass is 9.80. The minimum Gasteiger partial charge on any atom is -0.361 e. The van der Waals surface area contributed by atoms with E-state index in [1.807, 2.05) is 0 Å². The molecule has 2 aromatic rings. The number of hydrogen-bond acceptors (Lipinski definition) is 3. The summed E-state index contributed by atoms with van der Waals surface area (Å²) in [7, 11) is 4.11. The summed E-state index contributed by atoms with van der Waals surface area (Å²) in [6, 6.07) is 4.20. The van der Waals surface area contributed by atoms with E-state index in [0.717, 1.165) is 18.9 Å². The summed E-state index contributed by atoms with van der Waals surface area (Å²) in [6.45, 7) is 4.46. The molecule has 1 aliphatic rings. The molecule has 1 N–H and O–H groups in total. The fraction of sp³-hybridized carbons (Fsp3) is 0.533. The van der Waals surface area contributed by atoms with Crippen LogP contribution in [-0.2, 0) is 5.41 Å². The van der Waals surface area contributed by atoms with Gasteiger partial charge in [0.05, 0.1) is 11.2 Å². The van der Waals surface area contributed by atoms with Gasteiger partial charge in [0.1, 0.15) is 0 Å². The van der Waals surface area contributed by atoms with E-state index in [2.05, 4.69) is 60.2 Å². The fourth-order valence-electron chi connectivity index (χ4n) is 2.92. The first kappa shape index (κ1) is 12.5. The van der Waals surface area contributed by atoms with Crippen molar-refractivity contribution in [3.63, 3.8) is 0 Å². The molecule has 0 bridgehead atoms. The van der Waals surface area contributed by atoms with E-state index in [1.165, 1.54) is 24.1 Å². The zero-order valence-electron chi connectivity index (χ0n) is 12.0. The van der Waals surface area contributed by atoms with Crippen molar-refractivity contribution < 1.29 is 0 Å². The van der Waals surface area contributed by atoms with Crippen LogP contribution in [0.15, 0.2) is 24.5 Å². The molecule has 1 atom stereocenters. The van der Waals surface area contributed by atoms with Crippen LogP contribution >= 0.6 is 0 Å². The van der Waals surface area contributed by atoms with Crippen molar-refractivity contribution in [2.75, 3.05) is 32.1 Å². The zero-order chi connectivity index (χ0) is 13.5. The Labute approximate surface area is 114 Å². The maximum absolute atomic E-state index is 4.93. The van der Waals surface area contributed by atoms with Crippen LogP contribution in [-0.4, -0.2) is 36.6 Å². The van der Waals surface area contributed by atoms with Gasteiger partial charge in [0.15, 0.2) is 5.82 Å². The Morgan fingerprint density at radius 3 is 2.95 bits per heavy atom. The standard InChI is InChI=1S/C15H22N4/c1-15(7-5-8-16-11-15)13-10-19-9-4-6-12(19)14(17-13)18(2)3/h4,6,9-10,16H,5,7-8,11H2,1-3H3. The molecule has 19 heavy (non-hydrogen) atoms. The molecule has 0 radical (unpaired) electrons. The molecule has 1 fully saturated rings. The van der Waals surface area contributed by atoms with E-state index in [4.69, 9.17) is 4.98 Å². The van der Waals surface area contributed by atoms with Crippen LogP contribution in [0, 0.1) is 0 Å². The third-order valence-corrected chi connectivity index (χ3v) is 4.14. The summed E-state index contributed by atoms with van der Waals surface area (Å²) >= 11 is 0. The van der Waals surface area contributed by atoms with Crippen molar-refractivity contribution >= 4 is 11.3 Å². The number of piperidine rings is 1. The summed E-state index contributed by atoms with van der Waals surface area (Å²) in [5, 5.41) is 3.50. The van der Waals surface area contributed by atoms with Crippen molar-refractivity contribution in [2.24, 2.45) is 0 Å². The topological polar surface area (TPSA) is 32.6 Å². The quantitative estimate of drug-likeness (QED) is 0.895. The molecule has 0 aliphatic carbocycles. The Kier molecular flexibility index (Phi) is 2.97. The van der Waals surface area contributed by atoms with Crippen LogP contribution in [0.25, 0.3) is 5.52 Å². The lowest BCUT2D eigenvalue weighted by Gasteiger charge is -2.34. The Hall–Kier alpha value is -1.55. The van der Waals surface area contributed by atoms with Crippen LogP contribution < -0.4 is 10.2 Å². The maximum Gasteiger partial charge on any atom is 0.152 e. The molecule has 3 heterocycles. The van der Waals surface area contributed by atoms with Crippen molar-refractivity contribution in [2.45, 2.75) is 25.2 Å². The van der Waals surface area contributed by atoms with Gasteiger partial charge in [0, 0.05) is 38.4 Å². The smallest absolute Gasteiger partial charge is 0.152 e. The average molecular weight is 258 g/mol. The third-order valence-electron chi connectivity index (χ3n) is 4.14. The number of hydrogen-bond donors (Lipinski definition) is 1. The first-order valence-electron chi connectivity index (χ1n) is 6.96. The number of nitrogens with one attached hydrogen (secondary N) is 1. The minimum absolute atomic E-state index is 0.140. The molecule has 4 nitrogen and oxygen atoms in total. The molecule has 3 rings (SSSR count). The van der Waals surface area contributed by atoms with Gasteiger partial charge in [0.2, 0.25) is 0 Å². The first-order chi connectivity index (χ1) is 9.10. The van der Waals surface area contributed by atoms with Gasteiger partial charge in [-0.2, -0.15) is 0 Å². The van der Waals surface area contributed by atoms with Crippen molar-refractivity contribution in [1.82, 2.24) is 14.7 Å². The SMILES string of the molecule is CN(C)c1nc(C2(C)CCCNC2)cn2cccc12. The molecule has 1 unspecified atom stereocenters. The molecule has 1 aliphatic heterocycles. The van der Waals surface area contributed by atoms with Gasteiger partial charge >= 0.3 is 0 Å². The maximum atomic E-state index is 4.93. The monoisotopic (exact) mass is 258 g/mol. The van der Waals surface area contributed by atoms with E-state index in [9.17, 15) is 0 Å². The van der Waals surface area contributed by atoms with Crippen LogP contribution in [0.3, 0.4) is 0 Å². The van der Waals surface area contributed by atoms with E-state index in [-0.39, 0.29) is 5.41 Å². The van der Waals surface area contributed by atoms with Gasteiger partial charge in [-0.05, 0) is 31.5 Å². The van der Waals surface area contributed by atoms with Crippen molar-refractivity contribution in [1.29, 1.82) is 0 Å². The van der Waals surface area contributed by atoms with Gasteiger partial charge in [-0.3, -0.25) is 0 Å². The second kappa shape index (κ2) is 4.53. The van der Waals surface area contributed by atoms with E-state index in [1.54, 1.807) is 0 Å². The summed E-state index contributed by atoms with van der Waals surface area (Å²) in [5.41, 5.74) is 2.50. The highest BCUT2D eigenvalue weighted by Crippen LogP contribution is 2.31. The number of aromatic nitrogens is 2.